The number of halogens is 7. The molecule has 478 valence electrons. The van der Waals surface area contributed by atoms with E-state index in [2.05, 4.69) is 77.7 Å². The molecule has 14 aromatic rings. The van der Waals surface area contributed by atoms with E-state index < -0.39 is 65.5 Å². The van der Waals surface area contributed by atoms with Crippen molar-refractivity contribution < 1.29 is 30.7 Å². The van der Waals surface area contributed by atoms with Gasteiger partial charge in [0.05, 0.1) is 17.1 Å². The summed E-state index contributed by atoms with van der Waals surface area (Å²) in [5.41, 5.74) is 12.4. The van der Waals surface area contributed by atoms with E-state index >= 15 is 30.7 Å². The minimum absolute atomic E-state index is 0.167. The molecule has 4 aliphatic rings. The van der Waals surface area contributed by atoms with E-state index in [0.717, 1.165) is 39.2 Å². The van der Waals surface area contributed by atoms with Gasteiger partial charge in [0.2, 0.25) is 6.71 Å². The molecule has 4 heterocycles. The van der Waals surface area contributed by atoms with Crippen LogP contribution in [0.4, 0.5) is 116 Å². The third kappa shape index (κ3) is 9.50. The largest absolute Gasteiger partial charge is 0.310 e. The van der Waals surface area contributed by atoms with Crippen LogP contribution in [-0.4, -0.2) is 13.4 Å². The summed E-state index contributed by atoms with van der Waals surface area (Å²) in [6.45, 7) is 0.262. The van der Waals surface area contributed by atoms with Crippen LogP contribution in [0.25, 0.3) is 22.3 Å². The summed E-state index contributed by atoms with van der Waals surface area (Å²) < 4.78 is 123. The smallest absolute Gasteiger partial charge is 0.252 e. The minimum Gasteiger partial charge on any atom is -0.310 e. The van der Waals surface area contributed by atoms with Gasteiger partial charge in [0.25, 0.3) is 6.71 Å². The lowest BCUT2D eigenvalue weighted by atomic mass is 9.31. The summed E-state index contributed by atoms with van der Waals surface area (Å²) in [7, 11) is 0. The lowest BCUT2D eigenvalue weighted by molar-refractivity contribution is 0.585. The Hall–Kier alpha value is -11.9. The summed E-state index contributed by atoms with van der Waals surface area (Å²) in [5, 5.41) is 0. The van der Waals surface area contributed by atoms with Crippen molar-refractivity contribution in [1.82, 2.24) is 0 Å². The number of aryl methyl sites for hydroxylation is 1. The van der Waals surface area contributed by atoms with Gasteiger partial charge in [-0.2, -0.15) is 0 Å². The van der Waals surface area contributed by atoms with Crippen LogP contribution in [0, 0.1) is 47.6 Å². The number of anilines is 15. The van der Waals surface area contributed by atoms with Crippen molar-refractivity contribution >= 4 is 143 Å². The van der Waals surface area contributed by atoms with E-state index in [-0.39, 0.29) is 27.6 Å². The predicted octanol–water partition coefficient (Wildman–Crippen LogP) is 20.1. The van der Waals surface area contributed by atoms with Crippen LogP contribution < -0.4 is 57.3 Å². The first-order chi connectivity index (χ1) is 49.0. The van der Waals surface area contributed by atoms with Crippen LogP contribution in [0.2, 0.25) is 0 Å². The molecule has 0 unspecified atom stereocenters. The van der Waals surface area contributed by atoms with Crippen molar-refractivity contribution in [2.75, 3.05) is 24.5 Å². The first-order valence-electron chi connectivity index (χ1n) is 32.8. The van der Waals surface area contributed by atoms with E-state index in [1.807, 2.05) is 127 Å². The quantitative estimate of drug-likeness (QED) is 0.0941. The zero-order chi connectivity index (χ0) is 67.6. The van der Waals surface area contributed by atoms with Crippen molar-refractivity contribution in [2.24, 2.45) is 0 Å². The Bertz CT molecular complexity index is 5590. The Labute approximate surface area is 577 Å². The van der Waals surface area contributed by atoms with E-state index in [1.54, 1.807) is 59.5 Å². The number of benzene rings is 14. The first-order valence-corrected chi connectivity index (χ1v) is 33.6. The van der Waals surface area contributed by atoms with E-state index in [0.29, 0.717) is 77.5 Å². The van der Waals surface area contributed by atoms with Crippen LogP contribution in [0.3, 0.4) is 0 Å². The molecule has 0 radical (unpaired) electrons. The zero-order valence-corrected chi connectivity index (χ0v) is 54.1. The van der Waals surface area contributed by atoms with Gasteiger partial charge in [0, 0.05) is 66.5 Å². The molecule has 14 aromatic carbocycles. The van der Waals surface area contributed by atoms with Gasteiger partial charge in [-0.3, -0.25) is 0 Å². The Morgan fingerprint density at radius 2 is 0.750 bits per heavy atom. The molecular formula is C85H52B2F7N5S. The fourth-order valence-electron chi connectivity index (χ4n) is 15.5. The van der Waals surface area contributed by atoms with Gasteiger partial charge in [-0.1, -0.05) is 205 Å². The maximum Gasteiger partial charge on any atom is 0.252 e. The van der Waals surface area contributed by atoms with Gasteiger partial charge in [0.1, 0.15) is 52.0 Å². The van der Waals surface area contributed by atoms with Gasteiger partial charge < -0.3 is 24.5 Å². The van der Waals surface area contributed by atoms with Gasteiger partial charge in [0.15, 0.2) is 5.82 Å². The van der Waals surface area contributed by atoms with Gasteiger partial charge in [-0.05, 0) is 166 Å². The van der Waals surface area contributed by atoms with Crippen molar-refractivity contribution in [3.8, 4) is 22.3 Å². The summed E-state index contributed by atoms with van der Waals surface area (Å²) in [4.78, 5) is 9.52. The zero-order valence-electron chi connectivity index (χ0n) is 53.2. The Morgan fingerprint density at radius 1 is 0.310 bits per heavy atom. The molecule has 0 spiro atoms. The third-order valence-corrected chi connectivity index (χ3v) is 20.8. The van der Waals surface area contributed by atoms with E-state index in [1.165, 1.54) is 76.2 Å². The number of fused-ring (bicyclic) bond motifs is 8. The maximum absolute atomic E-state index is 20.5. The lowest BCUT2D eigenvalue weighted by Gasteiger charge is -2.46. The SMILES string of the molecule is Cc1ccccc1N1c2cc(N(c3ccccc3)c3c(F)cccc3F)cc3c2B(c2ccccc2N3c2c(F)cccc2F)c2cc3c(c(F)c21)Sc1cc(N(c2ccc(-c4ccccc4)cc2)c2ccccc2-c2ccccc2)cc2c1B3c1ccccc1N2c1c(F)cccc1F. The van der Waals surface area contributed by atoms with Crippen LogP contribution >= 0.6 is 11.8 Å². The number of hydrogen-bond acceptors (Lipinski definition) is 6. The molecule has 0 atom stereocenters. The molecule has 0 bridgehead atoms. The second-order valence-corrected chi connectivity index (χ2v) is 26.3. The fraction of sp³-hybridized carbons (Fsp3) is 0.0118. The molecule has 0 N–H and O–H groups in total. The van der Waals surface area contributed by atoms with Crippen molar-refractivity contribution in [1.29, 1.82) is 0 Å². The van der Waals surface area contributed by atoms with E-state index in [9.17, 15) is 0 Å². The first kappa shape index (κ1) is 60.5. The second kappa shape index (κ2) is 24.0. The summed E-state index contributed by atoms with van der Waals surface area (Å²) >= 11 is 1.23. The van der Waals surface area contributed by atoms with Crippen molar-refractivity contribution in [3.05, 3.63) is 344 Å². The van der Waals surface area contributed by atoms with E-state index in [4.69, 9.17) is 0 Å². The number of rotatable bonds is 11. The highest BCUT2D eigenvalue weighted by Gasteiger charge is 2.50. The lowest BCUT2D eigenvalue weighted by Crippen LogP contribution is -2.65. The highest BCUT2D eigenvalue weighted by Crippen LogP contribution is 2.54. The average molecular weight is 1330 g/mol. The number of nitrogens with zero attached hydrogens (tertiary/aromatic N) is 5. The highest BCUT2D eigenvalue weighted by molar-refractivity contribution is 8.00. The molecule has 0 amide bonds. The number of hydrogen-bond donors (Lipinski definition) is 0. The minimum atomic E-state index is -0.881. The second-order valence-electron chi connectivity index (χ2n) is 25.2. The highest BCUT2D eigenvalue weighted by atomic mass is 32.2. The predicted molar refractivity (Wildman–Crippen MR) is 395 cm³/mol. The van der Waals surface area contributed by atoms with Gasteiger partial charge in [-0.15, -0.1) is 0 Å². The standard InChI is InChI=1S/C85H52B2F7N5S/c1-51-22-11-15-38-70(51)97-74-46-57(96(55-27-9-4-10-28-55)82-64(88)32-19-33-65(82)89)47-75-78(74)86(60-30-13-17-40-72(60)98(75)83-66(90)34-20-35-67(83)91)62-50-63-85(80(94)81(62)97)100-77-49-58(48-76-79(77)87(63)61-31-14-18-41-73(61)99(76)84-68(92)36-21-37-69(84)93)95(56-44-42-53(43-45-56)52-23-5-2-6-24-52)71-39-16-12-29-59(71)54-25-7-3-8-26-54/h2-50H,1H3. The molecule has 0 saturated heterocycles. The summed E-state index contributed by atoms with van der Waals surface area (Å²) in [5.74, 6) is -5.70. The van der Waals surface area contributed by atoms with Crippen LogP contribution in [0.15, 0.2) is 307 Å². The molecule has 0 aromatic heterocycles. The molecule has 0 saturated carbocycles. The Kier molecular flexibility index (Phi) is 14.5. The Morgan fingerprint density at radius 3 is 1.33 bits per heavy atom. The molecule has 0 aliphatic carbocycles. The van der Waals surface area contributed by atoms with Gasteiger partial charge in [-0.25, -0.2) is 30.7 Å². The molecule has 18 rings (SSSR count). The van der Waals surface area contributed by atoms with Crippen LogP contribution in [0.5, 0.6) is 0 Å². The van der Waals surface area contributed by atoms with Crippen molar-refractivity contribution in [2.45, 2.75) is 16.7 Å². The summed E-state index contributed by atoms with van der Waals surface area (Å²) in [6, 6.07) is 88.3. The Balaban J connectivity index is 0.937. The molecule has 0 fully saturated rings. The third-order valence-electron chi connectivity index (χ3n) is 19.6. The molecule has 4 aliphatic heterocycles. The van der Waals surface area contributed by atoms with Crippen LogP contribution in [-0.2, 0) is 0 Å². The summed E-state index contributed by atoms with van der Waals surface area (Å²) in [6.07, 6.45) is 0. The molecule has 5 nitrogen and oxygen atoms in total. The maximum atomic E-state index is 20.5. The fourth-order valence-corrected chi connectivity index (χ4v) is 16.7. The van der Waals surface area contributed by atoms with Crippen molar-refractivity contribution in [3.63, 3.8) is 0 Å². The normalized spacial score (nSPS) is 12.9. The number of para-hydroxylation sites is 8. The van der Waals surface area contributed by atoms with Crippen LogP contribution in [0.1, 0.15) is 5.56 Å². The molecule has 100 heavy (non-hydrogen) atoms. The molecule has 15 heteroatoms. The average Bonchev–Trinajstić information content (AvgIpc) is 0.683. The topological polar surface area (TPSA) is 16.2 Å². The monoisotopic (exact) mass is 1330 g/mol. The molecular weight excluding hydrogens is 1280 g/mol. The van der Waals surface area contributed by atoms with Gasteiger partial charge >= 0.3 is 0 Å².